The molecule has 0 saturated carbocycles. The van der Waals surface area contributed by atoms with Gasteiger partial charge in [-0.1, -0.05) is 11.6 Å². The minimum Gasteiger partial charge on any atom is -0.376 e. The number of hydrogen-bond donors (Lipinski definition) is 0. The number of fused-ring (bicyclic) bond motifs is 1. The minimum absolute atomic E-state index is 0.0964. The van der Waals surface area contributed by atoms with Gasteiger partial charge in [-0.3, -0.25) is 0 Å². The van der Waals surface area contributed by atoms with E-state index in [2.05, 4.69) is 18.4 Å². The van der Waals surface area contributed by atoms with Crippen molar-refractivity contribution in [3.63, 3.8) is 0 Å². The van der Waals surface area contributed by atoms with Gasteiger partial charge in [-0.15, -0.1) is 11.6 Å². The second kappa shape index (κ2) is 5.21. The van der Waals surface area contributed by atoms with Crippen LogP contribution >= 0.6 is 23.2 Å². The quantitative estimate of drug-likeness (QED) is 0.801. The zero-order valence-electron chi connectivity index (χ0n) is 11.7. The van der Waals surface area contributed by atoms with Crippen LogP contribution < -0.4 is 0 Å². The highest BCUT2D eigenvalue weighted by Crippen LogP contribution is 2.37. The van der Waals surface area contributed by atoms with E-state index in [9.17, 15) is 0 Å². The molecule has 2 unspecified atom stereocenters. The third kappa shape index (κ3) is 2.12. The molecule has 3 nitrogen and oxygen atoms in total. The average Bonchev–Trinajstić information content (AvgIpc) is 2.92. The highest BCUT2D eigenvalue weighted by Gasteiger charge is 2.41. The molecule has 1 saturated heterocycles. The zero-order valence-corrected chi connectivity index (χ0v) is 13.2. The van der Waals surface area contributed by atoms with Gasteiger partial charge in [0.2, 0.25) is 0 Å². The van der Waals surface area contributed by atoms with E-state index in [0.29, 0.717) is 5.88 Å². The van der Waals surface area contributed by atoms with E-state index < -0.39 is 0 Å². The first-order valence-corrected chi connectivity index (χ1v) is 7.82. The van der Waals surface area contributed by atoms with Crippen molar-refractivity contribution in [2.45, 2.75) is 38.3 Å². The van der Waals surface area contributed by atoms with E-state index in [1.807, 2.05) is 18.2 Å². The maximum Gasteiger partial charge on any atom is 0.111 e. The molecular weight excluding hydrogens is 295 g/mol. The standard InChI is InChI=1S/C15H18Cl2N2O/c1-10-15(2,6-8-20-10)19-13-9-11(17)3-4-12(13)18-14(19)5-7-16/h3-4,9-10H,5-8H2,1-2H3. The van der Waals surface area contributed by atoms with Crippen LogP contribution in [0.15, 0.2) is 18.2 Å². The molecule has 1 aliphatic rings. The summed E-state index contributed by atoms with van der Waals surface area (Å²) in [6, 6.07) is 5.83. The van der Waals surface area contributed by atoms with Crippen LogP contribution in [0.25, 0.3) is 11.0 Å². The van der Waals surface area contributed by atoms with Gasteiger partial charge in [-0.2, -0.15) is 0 Å². The van der Waals surface area contributed by atoms with Crippen molar-refractivity contribution in [1.29, 1.82) is 0 Å². The van der Waals surface area contributed by atoms with Crippen molar-refractivity contribution in [2.75, 3.05) is 12.5 Å². The van der Waals surface area contributed by atoms with Gasteiger partial charge >= 0.3 is 0 Å². The predicted molar refractivity (Wildman–Crippen MR) is 82.8 cm³/mol. The minimum atomic E-state index is -0.0964. The Morgan fingerprint density at radius 2 is 2.30 bits per heavy atom. The summed E-state index contributed by atoms with van der Waals surface area (Å²) in [5, 5.41) is 0.728. The van der Waals surface area contributed by atoms with Crippen LogP contribution in [0, 0.1) is 0 Å². The topological polar surface area (TPSA) is 27.1 Å². The fourth-order valence-electron chi connectivity index (χ4n) is 3.04. The Hall–Kier alpha value is -0.770. The molecule has 0 radical (unpaired) electrons. The molecule has 108 valence electrons. The van der Waals surface area contributed by atoms with E-state index in [0.717, 1.165) is 41.3 Å². The Labute approximate surface area is 128 Å². The molecule has 2 atom stereocenters. The number of aromatic nitrogens is 2. The number of aryl methyl sites for hydroxylation is 1. The van der Waals surface area contributed by atoms with Gasteiger partial charge in [0.25, 0.3) is 0 Å². The van der Waals surface area contributed by atoms with E-state index in [1.165, 1.54) is 0 Å². The van der Waals surface area contributed by atoms with Crippen LogP contribution in [0.3, 0.4) is 0 Å². The molecule has 2 aromatic rings. The summed E-state index contributed by atoms with van der Waals surface area (Å²) in [5.41, 5.74) is 1.94. The van der Waals surface area contributed by atoms with Crippen molar-refractivity contribution >= 4 is 34.2 Å². The second-order valence-corrected chi connectivity index (χ2v) is 6.37. The maximum absolute atomic E-state index is 6.17. The van der Waals surface area contributed by atoms with E-state index in [4.69, 9.17) is 32.9 Å². The van der Waals surface area contributed by atoms with Crippen LogP contribution in [-0.4, -0.2) is 28.1 Å². The van der Waals surface area contributed by atoms with Crippen molar-refractivity contribution in [3.05, 3.63) is 29.0 Å². The van der Waals surface area contributed by atoms with Crippen molar-refractivity contribution in [1.82, 2.24) is 9.55 Å². The third-order valence-corrected chi connectivity index (χ3v) is 4.79. The van der Waals surface area contributed by atoms with Gasteiger partial charge in [0.1, 0.15) is 5.82 Å². The zero-order chi connectivity index (χ0) is 14.3. The van der Waals surface area contributed by atoms with E-state index >= 15 is 0 Å². The fraction of sp³-hybridized carbons (Fsp3) is 0.533. The van der Waals surface area contributed by atoms with Gasteiger partial charge in [-0.05, 0) is 38.5 Å². The highest BCUT2D eigenvalue weighted by molar-refractivity contribution is 6.31. The van der Waals surface area contributed by atoms with Crippen molar-refractivity contribution < 1.29 is 4.74 Å². The number of ether oxygens (including phenoxy) is 1. The number of imidazole rings is 1. The van der Waals surface area contributed by atoms with Gasteiger partial charge in [-0.25, -0.2) is 4.98 Å². The fourth-order valence-corrected chi connectivity index (χ4v) is 3.37. The summed E-state index contributed by atoms with van der Waals surface area (Å²) in [5.74, 6) is 1.57. The monoisotopic (exact) mass is 312 g/mol. The lowest BCUT2D eigenvalue weighted by Gasteiger charge is -2.32. The number of benzene rings is 1. The SMILES string of the molecule is CC1OCCC1(C)n1c(CCCl)nc2ccc(Cl)cc21. The number of nitrogens with zero attached hydrogens (tertiary/aromatic N) is 2. The second-order valence-electron chi connectivity index (χ2n) is 5.56. The Balaban J connectivity index is 2.25. The summed E-state index contributed by atoms with van der Waals surface area (Å²) >= 11 is 12.1. The normalized spacial score (nSPS) is 26.5. The third-order valence-electron chi connectivity index (χ3n) is 4.37. The van der Waals surface area contributed by atoms with Gasteiger partial charge in [0.15, 0.2) is 0 Å². The van der Waals surface area contributed by atoms with E-state index in [1.54, 1.807) is 0 Å². The Morgan fingerprint density at radius 1 is 1.50 bits per heavy atom. The molecule has 2 heterocycles. The van der Waals surface area contributed by atoms with Crippen LogP contribution in [0.2, 0.25) is 5.02 Å². The Bertz CT molecular complexity index is 640. The summed E-state index contributed by atoms with van der Waals surface area (Å²) in [6.45, 7) is 5.12. The smallest absolute Gasteiger partial charge is 0.111 e. The highest BCUT2D eigenvalue weighted by atomic mass is 35.5. The lowest BCUT2D eigenvalue weighted by atomic mass is 9.93. The average molecular weight is 313 g/mol. The van der Waals surface area contributed by atoms with Crippen molar-refractivity contribution in [2.24, 2.45) is 0 Å². The number of halogens is 2. The molecular formula is C15H18Cl2N2O. The van der Waals surface area contributed by atoms with E-state index in [-0.39, 0.29) is 11.6 Å². The molecule has 1 aromatic carbocycles. The molecule has 1 aromatic heterocycles. The largest absolute Gasteiger partial charge is 0.376 e. The Kier molecular flexibility index (Phi) is 3.69. The lowest BCUT2D eigenvalue weighted by Crippen LogP contribution is -2.38. The first kappa shape index (κ1) is 14.2. The molecule has 0 bridgehead atoms. The maximum atomic E-state index is 6.17. The lowest BCUT2D eigenvalue weighted by molar-refractivity contribution is 0.0764. The predicted octanol–water partition coefficient (Wildman–Crippen LogP) is 4.00. The molecule has 1 fully saturated rings. The molecule has 1 aliphatic heterocycles. The van der Waals surface area contributed by atoms with Gasteiger partial charge in [0, 0.05) is 23.9 Å². The number of rotatable bonds is 3. The molecule has 0 spiro atoms. The molecule has 20 heavy (non-hydrogen) atoms. The van der Waals surface area contributed by atoms with Gasteiger partial charge < -0.3 is 9.30 Å². The number of alkyl halides is 1. The molecule has 0 N–H and O–H groups in total. The molecule has 3 rings (SSSR count). The van der Waals surface area contributed by atoms with Crippen LogP contribution in [0.4, 0.5) is 0 Å². The molecule has 5 heteroatoms. The van der Waals surface area contributed by atoms with Gasteiger partial charge in [0.05, 0.1) is 22.7 Å². The van der Waals surface area contributed by atoms with Crippen LogP contribution in [-0.2, 0) is 16.7 Å². The summed E-state index contributed by atoms with van der Waals surface area (Å²) in [4.78, 5) is 4.73. The van der Waals surface area contributed by atoms with Crippen LogP contribution in [0.5, 0.6) is 0 Å². The number of hydrogen-bond acceptors (Lipinski definition) is 2. The summed E-state index contributed by atoms with van der Waals surface area (Å²) in [7, 11) is 0. The van der Waals surface area contributed by atoms with Crippen LogP contribution in [0.1, 0.15) is 26.1 Å². The molecule has 0 aliphatic carbocycles. The first-order chi connectivity index (χ1) is 9.56. The molecule has 0 amide bonds. The summed E-state index contributed by atoms with van der Waals surface area (Å²) < 4.78 is 8.08. The van der Waals surface area contributed by atoms with Crippen molar-refractivity contribution in [3.8, 4) is 0 Å². The Morgan fingerprint density at radius 3 is 2.95 bits per heavy atom. The first-order valence-electron chi connectivity index (χ1n) is 6.91. The summed E-state index contributed by atoms with van der Waals surface area (Å²) in [6.07, 6.45) is 1.87.